The number of imide groups is 1. The number of hydrogen-bond donors (Lipinski definition) is 1. The lowest BCUT2D eigenvalue weighted by atomic mass is 9.97. The molecule has 0 radical (unpaired) electrons. The number of nitrogens with one attached hydrogen (secondary N) is 1. The Bertz CT molecular complexity index is 610. The van der Waals surface area contributed by atoms with Crippen molar-refractivity contribution in [3.8, 4) is 0 Å². The molecule has 1 aromatic carbocycles. The topological polar surface area (TPSA) is 66.5 Å². The van der Waals surface area contributed by atoms with Gasteiger partial charge in [-0.25, -0.2) is 0 Å². The summed E-state index contributed by atoms with van der Waals surface area (Å²) in [6.07, 6.45) is 0. The molecule has 1 aromatic rings. The summed E-state index contributed by atoms with van der Waals surface area (Å²) in [6.45, 7) is 5.09. The maximum Gasteiger partial charge on any atom is 0.251 e. The third-order valence-electron chi connectivity index (χ3n) is 3.43. The molecular formula is C14H15BrN2O3. The smallest absolute Gasteiger partial charge is 0.251 e. The number of rotatable bonds is 2. The SMILES string of the molecule is CC(=O)c1ccc(N2CC(=O)NC(=O)C2(C)C)cc1Br. The molecule has 0 saturated carbocycles. The Morgan fingerprint density at radius 3 is 2.55 bits per heavy atom. The Morgan fingerprint density at radius 2 is 2.00 bits per heavy atom. The van der Waals surface area contributed by atoms with E-state index in [4.69, 9.17) is 0 Å². The van der Waals surface area contributed by atoms with Crippen LogP contribution in [-0.4, -0.2) is 29.7 Å². The molecule has 106 valence electrons. The van der Waals surface area contributed by atoms with E-state index in [1.54, 1.807) is 36.9 Å². The van der Waals surface area contributed by atoms with Gasteiger partial charge in [0.2, 0.25) is 5.91 Å². The summed E-state index contributed by atoms with van der Waals surface area (Å²) < 4.78 is 0.650. The third kappa shape index (κ3) is 2.47. The van der Waals surface area contributed by atoms with Gasteiger partial charge in [0.15, 0.2) is 5.78 Å². The highest BCUT2D eigenvalue weighted by atomic mass is 79.9. The highest BCUT2D eigenvalue weighted by molar-refractivity contribution is 9.10. The molecule has 1 N–H and O–H groups in total. The molecule has 1 fully saturated rings. The highest BCUT2D eigenvalue weighted by Crippen LogP contribution is 2.30. The van der Waals surface area contributed by atoms with Gasteiger partial charge in [-0.1, -0.05) is 0 Å². The number of Topliss-reactive ketones (excluding diaryl/α,β-unsaturated/α-hetero) is 1. The van der Waals surface area contributed by atoms with Crippen LogP contribution in [-0.2, 0) is 9.59 Å². The zero-order chi connectivity index (χ0) is 15.1. The average Bonchev–Trinajstić information content (AvgIpc) is 2.33. The fourth-order valence-corrected chi connectivity index (χ4v) is 2.80. The molecule has 0 aromatic heterocycles. The van der Waals surface area contributed by atoms with Crippen molar-refractivity contribution in [2.24, 2.45) is 0 Å². The quantitative estimate of drug-likeness (QED) is 0.660. The number of halogens is 1. The lowest BCUT2D eigenvalue weighted by Gasteiger charge is -2.41. The second kappa shape index (κ2) is 5.01. The zero-order valence-electron chi connectivity index (χ0n) is 11.5. The predicted octanol–water partition coefficient (Wildman–Crippen LogP) is 1.89. The second-order valence-corrected chi connectivity index (χ2v) is 6.10. The molecule has 1 aliphatic heterocycles. The van der Waals surface area contributed by atoms with Crippen LogP contribution in [0.25, 0.3) is 0 Å². The van der Waals surface area contributed by atoms with Gasteiger partial charge in [0.1, 0.15) is 5.54 Å². The molecule has 0 atom stereocenters. The van der Waals surface area contributed by atoms with E-state index in [0.717, 1.165) is 5.69 Å². The summed E-state index contributed by atoms with van der Waals surface area (Å²) >= 11 is 3.35. The summed E-state index contributed by atoms with van der Waals surface area (Å²) in [6, 6.07) is 5.19. The summed E-state index contributed by atoms with van der Waals surface area (Å²) in [5.41, 5.74) is 0.458. The second-order valence-electron chi connectivity index (χ2n) is 5.24. The number of benzene rings is 1. The van der Waals surface area contributed by atoms with Gasteiger partial charge < -0.3 is 4.90 Å². The molecule has 1 saturated heterocycles. The molecule has 20 heavy (non-hydrogen) atoms. The first-order valence-electron chi connectivity index (χ1n) is 6.16. The Hall–Kier alpha value is -1.69. The van der Waals surface area contributed by atoms with Crippen molar-refractivity contribution in [3.05, 3.63) is 28.2 Å². The van der Waals surface area contributed by atoms with Crippen LogP contribution in [0.4, 0.5) is 5.69 Å². The zero-order valence-corrected chi connectivity index (χ0v) is 13.1. The van der Waals surface area contributed by atoms with E-state index in [1.165, 1.54) is 6.92 Å². The lowest BCUT2D eigenvalue weighted by molar-refractivity contribution is -0.135. The van der Waals surface area contributed by atoms with E-state index >= 15 is 0 Å². The lowest BCUT2D eigenvalue weighted by Crippen LogP contribution is -2.64. The van der Waals surface area contributed by atoms with E-state index in [9.17, 15) is 14.4 Å². The van der Waals surface area contributed by atoms with Crippen LogP contribution in [0, 0.1) is 0 Å². The molecule has 2 amide bonds. The van der Waals surface area contributed by atoms with Crippen LogP contribution in [0.5, 0.6) is 0 Å². The molecule has 2 rings (SSSR count). The van der Waals surface area contributed by atoms with Crippen molar-refractivity contribution >= 4 is 39.2 Å². The first kappa shape index (κ1) is 14.7. The van der Waals surface area contributed by atoms with Crippen molar-refractivity contribution in [2.75, 3.05) is 11.4 Å². The van der Waals surface area contributed by atoms with Gasteiger partial charge in [0, 0.05) is 15.7 Å². The monoisotopic (exact) mass is 338 g/mol. The first-order chi connectivity index (χ1) is 9.23. The van der Waals surface area contributed by atoms with Gasteiger partial charge in [0.25, 0.3) is 5.91 Å². The van der Waals surface area contributed by atoms with Gasteiger partial charge in [-0.15, -0.1) is 0 Å². The molecule has 1 heterocycles. The molecule has 0 spiro atoms. The summed E-state index contributed by atoms with van der Waals surface area (Å²) in [5.74, 6) is -0.711. The minimum Gasteiger partial charge on any atom is -0.348 e. The first-order valence-corrected chi connectivity index (χ1v) is 6.95. The van der Waals surface area contributed by atoms with E-state index in [-0.39, 0.29) is 24.1 Å². The van der Waals surface area contributed by atoms with Gasteiger partial charge in [-0.3, -0.25) is 19.7 Å². The summed E-state index contributed by atoms with van der Waals surface area (Å²) in [5, 5.41) is 2.33. The normalized spacial score (nSPS) is 17.9. The number of anilines is 1. The molecule has 0 aliphatic carbocycles. The van der Waals surface area contributed by atoms with Gasteiger partial charge in [-0.05, 0) is 54.9 Å². The van der Waals surface area contributed by atoms with Gasteiger partial charge in [0.05, 0.1) is 6.54 Å². The minimum atomic E-state index is -0.828. The Kier molecular flexibility index (Phi) is 3.69. The molecule has 0 unspecified atom stereocenters. The maximum atomic E-state index is 11.9. The number of ketones is 1. The Balaban J connectivity index is 2.44. The van der Waals surface area contributed by atoms with Crippen molar-refractivity contribution in [3.63, 3.8) is 0 Å². The van der Waals surface area contributed by atoms with Crippen LogP contribution >= 0.6 is 15.9 Å². The number of amides is 2. The van der Waals surface area contributed by atoms with E-state index in [2.05, 4.69) is 21.2 Å². The van der Waals surface area contributed by atoms with Crippen LogP contribution < -0.4 is 10.2 Å². The summed E-state index contributed by atoms with van der Waals surface area (Å²) in [7, 11) is 0. The number of nitrogens with zero attached hydrogens (tertiary/aromatic N) is 1. The molecule has 5 nitrogen and oxygen atoms in total. The van der Waals surface area contributed by atoms with Gasteiger partial charge in [-0.2, -0.15) is 0 Å². The number of hydrogen-bond acceptors (Lipinski definition) is 4. The van der Waals surface area contributed by atoms with E-state index in [0.29, 0.717) is 10.0 Å². The largest absolute Gasteiger partial charge is 0.348 e. The maximum absolute atomic E-state index is 11.9. The van der Waals surface area contributed by atoms with E-state index in [1.807, 2.05) is 0 Å². The van der Waals surface area contributed by atoms with Crippen molar-refractivity contribution < 1.29 is 14.4 Å². The fraction of sp³-hybridized carbons (Fsp3) is 0.357. The third-order valence-corrected chi connectivity index (χ3v) is 4.08. The average molecular weight is 339 g/mol. The van der Waals surface area contributed by atoms with Crippen LogP contribution in [0.1, 0.15) is 31.1 Å². The predicted molar refractivity (Wildman–Crippen MR) is 78.7 cm³/mol. The molecule has 1 aliphatic rings. The molecule has 6 heteroatoms. The summed E-state index contributed by atoms with van der Waals surface area (Å²) in [4.78, 5) is 36.6. The minimum absolute atomic E-state index is 0.0462. The van der Waals surface area contributed by atoms with Crippen LogP contribution in [0.2, 0.25) is 0 Å². The standard InChI is InChI=1S/C14H15BrN2O3/c1-8(18)10-5-4-9(6-11(10)15)17-7-12(19)16-13(20)14(17,2)3/h4-6H,7H2,1-3H3,(H,16,19,20). The van der Waals surface area contributed by atoms with Crippen molar-refractivity contribution in [1.29, 1.82) is 0 Å². The highest BCUT2D eigenvalue weighted by Gasteiger charge is 2.41. The number of carbonyl (C=O) groups is 3. The van der Waals surface area contributed by atoms with Crippen LogP contribution in [0.3, 0.4) is 0 Å². The van der Waals surface area contributed by atoms with Crippen molar-refractivity contribution in [2.45, 2.75) is 26.3 Å². The number of piperazine rings is 1. The van der Waals surface area contributed by atoms with Crippen molar-refractivity contribution in [1.82, 2.24) is 5.32 Å². The van der Waals surface area contributed by atoms with Crippen LogP contribution in [0.15, 0.2) is 22.7 Å². The number of carbonyl (C=O) groups excluding carboxylic acids is 3. The Morgan fingerprint density at radius 1 is 1.35 bits per heavy atom. The Labute approximate surface area is 125 Å². The van der Waals surface area contributed by atoms with Gasteiger partial charge >= 0.3 is 0 Å². The van der Waals surface area contributed by atoms with E-state index < -0.39 is 5.54 Å². The molecule has 0 bridgehead atoms. The molecular weight excluding hydrogens is 324 g/mol. The fourth-order valence-electron chi connectivity index (χ4n) is 2.15.